The monoisotopic (exact) mass is 280 g/mol. The Balaban J connectivity index is 1.55. The van der Waals surface area contributed by atoms with Crippen LogP contribution in [0.2, 0.25) is 0 Å². The number of hydrogen-bond donors (Lipinski definition) is 1. The fourth-order valence-corrected chi connectivity index (χ4v) is 2.34. The van der Waals surface area contributed by atoms with Crippen molar-refractivity contribution in [3.05, 3.63) is 60.2 Å². The topological polar surface area (TPSA) is 33.6 Å². The first-order valence-electron chi connectivity index (χ1n) is 7.47. The summed E-state index contributed by atoms with van der Waals surface area (Å²) in [6, 6.07) is 18.3. The van der Waals surface area contributed by atoms with E-state index in [-0.39, 0.29) is 0 Å². The second-order valence-corrected chi connectivity index (χ2v) is 5.21. The van der Waals surface area contributed by atoms with Crippen molar-refractivity contribution in [2.75, 3.05) is 11.9 Å². The van der Waals surface area contributed by atoms with Gasteiger partial charge in [-0.3, -0.25) is 4.99 Å². The van der Waals surface area contributed by atoms with Gasteiger partial charge in [0.2, 0.25) is 0 Å². The largest absolute Gasteiger partial charge is 0.489 e. The Hall–Kier alpha value is -2.29. The molecule has 0 saturated heterocycles. The van der Waals surface area contributed by atoms with Crippen molar-refractivity contribution >= 4 is 11.5 Å². The fourth-order valence-electron chi connectivity index (χ4n) is 2.34. The van der Waals surface area contributed by atoms with Crippen molar-refractivity contribution < 1.29 is 4.74 Å². The molecule has 0 amide bonds. The average Bonchev–Trinajstić information content (AvgIpc) is 2.56. The molecule has 2 aromatic carbocycles. The van der Waals surface area contributed by atoms with E-state index in [0.717, 1.165) is 30.2 Å². The SMILES string of the molecule is c1ccc(COc2ccc(NC3=NCCCC3)cc2)cc1. The maximum Gasteiger partial charge on any atom is 0.119 e. The van der Waals surface area contributed by atoms with Crippen LogP contribution in [-0.2, 0) is 6.61 Å². The van der Waals surface area contributed by atoms with Crippen LogP contribution in [0.15, 0.2) is 59.6 Å². The molecule has 0 unspecified atom stereocenters. The molecular formula is C18H20N2O. The minimum Gasteiger partial charge on any atom is -0.489 e. The number of benzene rings is 2. The molecule has 1 N–H and O–H groups in total. The van der Waals surface area contributed by atoms with Gasteiger partial charge in [-0.25, -0.2) is 0 Å². The third kappa shape index (κ3) is 4.09. The van der Waals surface area contributed by atoms with E-state index >= 15 is 0 Å². The summed E-state index contributed by atoms with van der Waals surface area (Å²) in [6.07, 6.45) is 3.48. The number of ether oxygens (including phenoxy) is 1. The lowest BCUT2D eigenvalue weighted by atomic mass is 10.2. The van der Waals surface area contributed by atoms with Gasteiger partial charge in [-0.1, -0.05) is 30.3 Å². The van der Waals surface area contributed by atoms with Gasteiger partial charge in [-0.2, -0.15) is 0 Å². The minimum absolute atomic E-state index is 0.598. The molecule has 0 spiro atoms. The molecule has 0 radical (unpaired) electrons. The van der Waals surface area contributed by atoms with Crippen LogP contribution in [0.5, 0.6) is 5.75 Å². The summed E-state index contributed by atoms with van der Waals surface area (Å²) in [7, 11) is 0. The van der Waals surface area contributed by atoms with Crippen LogP contribution in [0.4, 0.5) is 5.69 Å². The molecule has 0 bridgehead atoms. The lowest BCUT2D eigenvalue weighted by Gasteiger charge is -2.14. The fraction of sp³-hybridized carbons (Fsp3) is 0.278. The molecule has 0 aromatic heterocycles. The van der Waals surface area contributed by atoms with Crippen LogP contribution in [0.25, 0.3) is 0 Å². The lowest BCUT2D eigenvalue weighted by Crippen LogP contribution is -2.15. The molecule has 0 saturated carbocycles. The van der Waals surface area contributed by atoms with Gasteiger partial charge in [0.25, 0.3) is 0 Å². The highest BCUT2D eigenvalue weighted by molar-refractivity contribution is 5.95. The van der Waals surface area contributed by atoms with Crippen molar-refractivity contribution in [2.45, 2.75) is 25.9 Å². The molecule has 1 aliphatic heterocycles. The van der Waals surface area contributed by atoms with Crippen LogP contribution in [-0.4, -0.2) is 12.4 Å². The Morgan fingerprint density at radius 3 is 2.48 bits per heavy atom. The Kier molecular flexibility index (Phi) is 4.52. The van der Waals surface area contributed by atoms with E-state index in [1.54, 1.807) is 0 Å². The first kappa shape index (κ1) is 13.7. The summed E-state index contributed by atoms with van der Waals surface area (Å²) in [5.74, 6) is 1.98. The van der Waals surface area contributed by atoms with Crippen LogP contribution >= 0.6 is 0 Å². The van der Waals surface area contributed by atoms with Crippen LogP contribution in [0.1, 0.15) is 24.8 Å². The highest BCUT2D eigenvalue weighted by Crippen LogP contribution is 2.18. The van der Waals surface area contributed by atoms with Gasteiger partial charge < -0.3 is 10.1 Å². The quantitative estimate of drug-likeness (QED) is 0.908. The molecule has 108 valence electrons. The molecule has 2 aromatic rings. The van der Waals surface area contributed by atoms with E-state index in [4.69, 9.17) is 4.74 Å². The summed E-state index contributed by atoms with van der Waals surface area (Å²) < 4.78 is 5.78. The Bertz CT molecular complexity index is 590. The maximum absolute atomic E-state index is 5.78. The van der Waals surface area contributed by atoms with Crippen molar-refractivity contribution in [3.63, 3.8) is 0 Å². The Morgan fingerprint density at radius 1 is 0.952 bits per heavy atom. The smallest absolute Gasteiger partial charge is 0.119 e. The zero-order valence-electron chi connectivity index (χ0n) is 12.1. The lowest BCUT2D eigenvalue weighted by molar-refractivity contribution is 0.306. The first-order chi connectivity index (χ1) is 10.4. The van der Waals surface area contributed by atoms with E-state index in [1.165, 1.54) is 18.4 Å². The third-order valence-corrected chi connectivity index (χ3v) is 3.52. The molecule has 0 atom stereocenters. The molecule has 3 rings (SSSR count). The average molecular weight is 280 g/mol. The summed E-state index contributed by atoms with van der Waals surface area (Å²) >= 11 is 0. The van der Waals surface area contributed by atoms with Gasteiger partial charge in [0.05, 0.1) is 0 Å². The molecule has 0 fully saturated rings. The maximum atomic E-state index is 5.78. The van der Waals surface area contributed by atoms with Gasteiger partial charge in [-0.15, -0.1) is 0 Å². The van der Waals surface area contributed by atoms with Crippen LogP contribution in [0.3, 0.4) is 0 Å². The normalized spacial score (nSPS) is 14.4. The van der Waals surface area contributed by atoms with E-state index < -0.39 is 0 Å². The number of hydrogen-bond acceptors (Lipinski definition) is 3. The molecule has 21 heavy (non-hydrogen) atoms. The number of aliphatic imine (C=N–C) groups is 1. The van der Waals surface area contributed by atoms with Gasteiger partial charge in [0.1, 0.15) is 18.2 Å². The van der Waals surface area contributed by atoms with E-state index in [2.05, 4.69) is 22.4 Å². The molecular weight excluding hydrogens is 260 g/mol. The molecule has 1 heterocycles. The Morgan fingerprint density at radius 2 is 1.76 bits per heavy atom. The highest BCUT2D eigenvalue weighted by atomic mass is 16.5. The number of anilines is 1. The van der Waals surface area contributed by atoms with E-state index in [9.17, 15) is 0 Å². The number of nitrogens with zero attached hydrogens (tertiary/aromatic N) is 1. The number of amidine groups is 1. The van der Waals surface area contributed by atoms with Crippen molar-refractivity contribution in [2.24, 2.45) is 4.99 Å². The predicted molar refractivity (Wildman–Crippen MR) is 87.0 cm³/mol. The van der Waals surface area contributed by atoms with Crippen molar-refractivity contribution in [1.29, 1.82) is 0 Å². The third-order valence-electron chi connectivity index (χ3n) is 3.52. The number of nitrogens with one attached hydrogen (secondary N) is 1. The first-order valence-corrected chi connectivity index (χ1v) is 7.47. The van der Waals surface area contributed by atoms with Crippen LogP contribution < -0.4 is 10.1 Å². The summed E-state index contributed by atoms with van der Waals surface area (Å²) in [5, 5.41) is 3.38. The van der Waals surface area contributed by atoms with E-state index in [0.29, 0.717) is 6.61 Å². The molecule has 1 aliphatic rings. The summed E-state index contributed by atoms with van der Waals surface area (Å²) in [6.45, 7) is 1.54. The highest BCUT2D eigenvalue weighted by Gasteiger charge is 2.05. The zero-order chi connectivity index (χ0) is 14.3. The second kappa shape index (κ2) is 6.93. The Labute approximate surface area is 125 Å². The summed E-state index contributed by atoms with van der Waals surface area (Å²) in [4.78, 5) is 4.50. The van der Waals surface area contributed by atoms with E-state index in [1.807, 2.05) is 42.5 Å². The van der Waals surface area contributed by atoms with Gasteiger partial charge >= 0.3 is 0 Å². The van der Waals surface area contributed by atoms with Gasteiger partial charge in [0, 0.05) is 18.7 Å². The van der Waals surface area contributed by atoms with Crippen molar-refractivity contribution in [3.8, 4) is 5.75 Å². The van der Waals surface area contributed by atoms with Gasteiger partial charge in [0.15, 0.2) is 0 Å². The minimum atomic E-state index is 0.598. The van der Waals surface area contributed by atoms with Crippen molar-refractivity contribution in [1.82, 2.24) is 0 Å². The molecule has 3 nitrogen and oxygen atoms in total. The zero-order valence-corrected chi connectivity index (χ0v) is 12.1. The standard InChI is InChI=1S/C18H20N2O/c1-2-6-15(7-3-1)14-21-17-11-9-16(10-12-17)20-18-8-4-5-13-19-18/h1-3,6-7,9-12H,4-5,8,13-14H2,(H,19,20). The second-order valence-electron chi connectivity index (χ2n) is 5.21. The molecule has 0 aliphatic carbocycles. The number of rotatable bonds is 4. The predicted octanol–water partition coefficient (Wildman–Crippen LogP) is 4.26. The summed E-state index contributed by atoms with van der Waals surface area (Å²) in [5.41, 5.74) is 2.25. The van der Waals surface area contributed by atoms with Crippen LogP contribution in [0, 0.1) is 0 Å². The molecule has 3 heteroatoms. The van der Waals surface area contributed by atoms with Gasteiger partial charge in [-0.05, 0) is 42.7 Å².